The third-order valence-electron chi connectivity index (χ3n) is 4.62. The van der Waals surface area contributed by atoms with Gasteiger partial charge in [0.15, 0.2) is 0 Å². The van der Waals surface area contributed by atoms with E-state index in [1.165, 1.54) is 0 Å². The van der Waals surface area contributed by atoms with Gasteiger partial charge in [-0.1, -0.05) is 48.6 Å². The Bertz CT molecular complexity index is 952. The molecule has 0 saturated carbocycles. The van der Waals surface area contributed by atoms with Crippen molar-refractivity contribution in [3.8, 4) is 11.8 Å². The fourth-order valence-electron chi connectivity index (χ4n) is 3.09. The Morgan fingerprint density at radius 2 is 1.64 bits per heavy atom. The van der Waals surface area contributed by atoms with Gasteiger partial charge in [-0.25, -0.2) is 8.42 Å². The van der Waals surface area contributed by atoms with Crippen molar-refractivity contribution >= 4 is 15.9 Å². The second-order valence-electron chi connectivity index (χ2n) is 6.73. The van der Waals surface area contributed by atoms with E-state index in [1.54, 1.807) is 28.6 Å². The second-order valence-corrected chi connectivity index (χ2v) is 8.67. The van der Waals surface area contributed by atoms with Crippen LogP contribution in [0.25, 0.3) is 0 Å². The molecule has 1 fully saturated rings. The van der Waals surface area contributed by atoms with Crippen molar-refractivity contribution in [2.24, 2.45) is 0 Å². The first-order valence-electron chi connectivity index (χ1n) is 9.45. The van der Waals surface area contributed by atoms with E-state index in [-0.39, 0.29) is 23.8 Å². The highest BCUT2D eigenvalue weighted by Gasteiger charge is 2.25. The zero-order valence-corrected chi connectivity index (χ0v) is 16.5. The number of carbonyl (C=O) groups is 1. The first kappa shape index (κ1) is 20.1. The van der Waals surface area contributed by atoms with E-state index in [1.807, 2.05) is 30.3 Å². The first-order chi connectivity index (χ1) is 13.6. The number of carbonyl (C=O) groups excluding carboxylic acids is 1. The summed E-state index contributed by atoms with van der Waals surface area (Å²) in [6, 6.07) is 16.1. The molecule has 2 aromatic carbocycles. The average molecular weight is 397 g/mol. The Labute approximate surface area is 166 Å². The van der Waals surface area contributed by atoms with Crippen LogP contribution >= 0.6 is 0 Å². The summed E-state index contributed by atoms with van der Waals surface area (Å²) in [4.78, 5) is 12.3. The van der Waals surface area contributed by atoms with Gasteiger partial charge in [0.25, 0.3) is 0 Å². The van der Waals surface area contributed by atoms with E-state index in [4.69, 9.17) is 0 Å². The smallest absolute Gasteiger partial charge is 0.243 e. The van der Waals surface area contributed by atoms with Crippen LogP contribution in [0.1, 0.15) is 30.4 Å². The molecule has 0 aliphatic carbocycles. The van der Waals surface area contributed by atoms with Crippen molar-refractivity contribution in [2.45, 2.75) is 30.6 Å². The van der Waals surface area contributed by atoms with Crippen LogP contribution in [0, 0.1) is 11.8 Å². The van der Waals surface area contributed by atoms with Gasteiger partial charge in [0.2, 0.25) is 15.9 Å². The molecule has 1 aliphatic rings. The van der Waals surface area contributed by atoms with Gasteiger partial charge in [0.05, 0.1) is 17.9 Å². The SMILES string of the molecule is O=C(Cc1ccc(S(=O)(=O)N2CCCCC2)cc1)NCC#Cc1ccccc1. The van der Waals surface area contributed by atoms with Crippen molar-refractivity contribution in [3.63, 3.8) is 0 Å². The van der Waals surface area contributed by atoms with E-state index >= 15 is 0 Å². The van der Waals surface area contributed by atoms with Crippen LogP contribution in [0.4, 0.5) is 0 Å². The molecule has 146 valence electrons. The Kier molecular flexibility index (Phi) is 6.85. The molecule has 0 radical (unpaired) electrons. The third kappa shape index (κ3) is 5.44. The standard InChI is InChI=1S/C22H24N2O3S/c25-22(23-15-7-10-19-8-3-1-4-9-19)18-20-11-13-21(14-12-20)28(26,27)24-16-5-2-6-17-24/h1,3-4,8-9,11-14H,2,5-6,15-18H2,(H,23,25). The molecule has 2 aromatic rings. The predicted molar refractivity (Wildman–Crippen MR) is 109 cm³/mol. The number of benzene rings is 2. The Balaban J connectivity index is 1.52. The lowest BCUT2D eigenvalue weighted by atomic mass is 10.1. The number of nitrogens with one attached hydrogen (secondary N) is 1. The maximum Gasteiger partial charge on any atom is 0.243 e. The molecule has 28 heavy (non-hydrogen) atoms. The summed E-state index contributed by atoms with van der Waals surface area (Å²) < 4.78 is 26.8. The fourth-order valence-corrected chi connectivity index (χ4v) is 4.61. The summed E-state index contributed by atoms with van der Waals surface area (Å²) in [5.41, 5.74) is 1.67. The van der Waals surface area contributed by atoms with Gasteiger partial charge >= 0.3 is 0 Å². The summed E-state index contributed by atoms with van der Waals surface area (Å²) in [6.07, 6.45) is 3.09. The molecular weight excluding hydrogens is 372 g/mol. The van der Waals surface area contributed by atoms with Crippen LogP contribution in [0.15, 0.2) is 59.5 Å². The van der Waals surface area contributed by atoms with Gasteiger partial charge < -0.3 is 5.32 Å². The van der Waals surface area contributed by atoms with Gasteiger partial charge in [0, 0.05) is 18.7 Å². The molecule has 0 atom stereocenters. The molecule has 1 aliphatic heterocycles. The number of sulfonamides is 1. The number of nitrogens with zero attached hydrogens (tertiary/aromatic N) is 1. The minimum atomic E-state index is -3.44. The van der Waals surface area contributed by atoms with E-state index in [0.717, 1.165) is 30.4 Å². The summed E-state index contributed by atoms with van der Waals surface area (Å²) in [5, 5.41) is 2.76. The van der Waals surface area contributed by atoms with E-state index in [9.17, 15) is 13.2 Å². The highest BCUT2D eigenvalue weighted by atomic mass is 32.2. The van der Waals surface area contributed by atoms with Gasteiger partial charge in [-0.15, -0.1) is 0 Å². The number of hydrogen-bond donors (Lipinski definition) is 1. The quantitative estimate of drug-likeness (QED) is 0.790. The van der Waals surface area contributed by atoms with Gasteiger partial charge in [-0.3, -0.25) is 4.79 Å². The number of hydrogen-bond acceptors (Lipinski definition) is 3. The topological polar surface area (TPSA) is 66.5 Å². The molecule has 0 aromatic heterocycles. The summed E-state index contributed by atoms with van der Waals surface area (Å²) >= 11 is 0. The highest BCUT2D eigenvalue weighted by molar-refractivity contribution is 7.89. The third-order valence-corrected chi connectivity index (χ3v) is 6.53. The largest absolute Gasteiger partial charge is 0.345 e. The van der Waals surface area contributed by atoms with Crippen molar-refractivity contribution in [1.82, 2.24) is 9.62 Å². The van der Waals surface area contributed by atoms with Crippen molar-refractivity contribution in [2.75, 3.05) is 19.6 Å². The number of piperidine rings is 1. The monoisotopic (exact) mass is 396 g/mol. The molecular formula is C22H24N2O3S. The molecule has 1 heterocycles. The Hall–Kier alpha value is -2.62. The summed E-state index contributed by atoms with van der Waals surface area (Å²) in [5.74, 6) is 5.76. The number of amides is 1. The van der Waals surface area contributed by atoms with E-state index in [2.05, 4.69) is 17.2 Å². The lowest BCUT2D eigenvalue weighted by Gasteiger charge is -2.25. The Morgan fingerprint density at radius 3 is 2.32 bits per heavy atom. The zero-order valence-electron chi connectivity index (χ0n) is 15.7. The molecule has 6 heteroatoms. The van der Waals surface area contributed by atoms with Crippen LogP contribution in [0.2, 0.25) is 0 Å². The average Bonchev–Trinajstić information content (AvgIpc) is 2.73. The maximum atomic E-state index is 12.6. The molecule has 0 unspecified atom stereocenters. The Morgan fingerprint density at radius 1 is 0.964 bits per heavy atom. The highest BCUT2D eigenvalue weighted by Crippen LogP contribution is 2.20. The van der Waals surface area contributed by atoms with E-state index in [0.29, 0.717) is 13.1 Å². The molecule has 0 bridgehead atoms. The normalized spacial score (nSPS) is 14.7. The van der Waals surface area contributed by atoms with E-state index < -0.39 is 10.0 Å². The summed E-state index contributed by atoms with van der Waals surface area (Å²) in [7, 11) is -3.44. The van der Waals surface area contributed by atoms with Crippen molar-refractivity contribution in [3.05, 3.63) is 65.7 Å². The van der Waals surface area contributed by atoms with Gasteiger partial charge in [0.1, 0.15) is 0 Å². The van der Waals surface area contributed by atoms with Crippen LogP contribution in [0.5, 0.6) is 0 Å². The first-order valence-corrected chi connectivity index (χ1v) is 10.9. The maximum absolute atomic E-state index is 12.6. The molecule has 0 spiro atoms. The lowest BCUT2D eigenvalue weighted by molar-refractivity contribution is -0.120. The molecule has 5 nitrogen and oxygen atoms in total. The predicted octanol–water partition coefficient (Wildman–Crippen LogP) is 2.57. The molecule has 1 amide bonds. The number of rotatable bonds is 5. The van der Waals surface area contributed by atoms with Crippen LogP contribution in [0.3, 0.4) is 0 Å². The fraction of sp³-hybridized carbons (Fsp3) is 0.318. The van der Waals surface area contributed by atoms with Crippen LogP contribution in [-0.4, -0.2) is 38.3 Å². The van der Waals surface area contributed by atoms with Crippen LogP contribution in [-0.2, 0) is 21.2 Å². The minimum Gasteiger partial charge on any atom is -0.345 e. The summed E-state index contributed by atoms with van der Waals surface area (Å²) in [6.45, 7) is 1.43. The molecule has 1 saturated heterocycles. The van der Waals surface area contributed by atoms with Gasteiger partial charge in [-0.05, 0) is 42.7 Å². The second kappa shape index (κ2) is 9.54. The van der Waals surface area contributed by atoms with Crippen molar-refractivity contribution in [1.29, 1.82) is 0 Å². The lowest BCUT2D eigenvalue weighted by Crippen LogP contribution is -2.35. The van der Waals surface area contributed by atoms with Crippen LogP contribution < -0.4 is 5.32 Å². The molecule has 1 N–H and O–H groups in total. The molecule has 3 rings (SSSR count). The van der Waals surface area contributed by atoms with Gasteiger partial charge in [-0.2, -0.15) is 4.31 Å². The van der Waals surface area contributed by atoms with Crippen molar-refractivity contribution < 1.29 is 13.2 Å². The zero-order chi connectivity index (χ0) is 19.8. The minimum absolute atomic E-state index is 0.144.